The van der Waals surface area contributed by atoms with Gasteiger partial charge in [0.15, 0.2) is 0 Å². The summed E-state index contributed by atoms with van der Waals surface area (Å²) < 4.78 is 9.58. The van der Waals surface area contributed by atoms with Crippen LogP contribution in [0.4, 0.5) is 5.69 Å². The van der Waals surface area contributed by atoms with Crippen molar-refractivity contribution < 1.29 is 4.79 Å². The molecule has 1 amide bonds. The average Bonchev–Trinajstić information content (AvgIpc) is 3.18. The lowest BCUT2D eigenvalue weighted by Gasteiger charge is -2.15. The topological polar surface area (TPSA) is 89.8 Å². The lowest BCUT2D eigenvalue weighted by molar-refractivity contribution is -0.119. The summed E-state index contributed by atoms with van der Waals surface area (Å²) in [6.45, 7) is 3.64. The zero-order valence-corrected chi connectivity index (χ0v) is 16.1. The van der Waals surface area contributed by atoms with E-state index >= 15 is 0 Å². The minimum atomic E-state index is -0.792. The molecule has 0 aliphatic rings. The highest BCUT2D eigenvalue weighted by Gasteiger charge is 2.19. The molecular weight excluding hydrogens is 374 g/mol. The molecule has 28 heavy (non-hydrogen) atoms. The largest absolute Gasteiger partial charge is 0.322 e. The van der Waals surface area contributed by atoms with E-state index in [4.69, 9.17) is 0 Å². The first-order valence-corrected chi connectivity index (χ1v) is 9.45. The van der Waals surface area contributed by atoms with Crippen LogP contribution in [0, 0.1) is 6.92 Å². The molecule has 1 atom stereocenters. The van der Waals surface area contributed by atoms with E-state index in [0.717, 1.165) is 22.9 Å². The van der Waals surface area contributed by atoms with Gasteiger partial charge in [0.1, 0.15) is 17.1 Å². The molecule has 0 bridgehead atoms. The van der Waals surface area contributed by atoms with Gasteiger partial charge in [0.05, 0.1) is 23.1 Å². The molecule has 0 fully saturated rings. The average molecular weight is 391 g/mol. The van der Waals surface area contributed by atoms with Crippen LogP contribution in [0.1, 0.15) is 18.5 Å². The van der Waals surface area contributed by atoms with Crippen molar-refractivity contribution in [2.24, 2.45) is 0 Å². The summed E-state index contributed by atoms with van der Waals surface area (Å²) in [6, 6.07) is 15.5. The molecule has 4 aromatic rings. The summed E-state index contributed by atoms with van der Waals surface area (Å²) in [6.07, 6.45) is 0. The van der Waals surface area contributed by atoms with E-state index in [9.17, 15) is 9.59 Å². The fourth-order valence-corrected chi connectivity index (χ4v) is 3.39. The molecule has 7 nitrogen and oxygen atoms in total. The molecule has 1 N–H and O–H groups in total. The number of rotatable bonds is 4. The van der Waals surface area contributed by atoms with Gasteiger partial charge in [-0.1, -0.05) is 35.9 Å². The minimum Gasteiger partial charge on any atom is -0.322 e. The van der Waals surface area contributed by atoms with Crippen LogP contribution in [0.25, 0.3) is 22.3 Å². The number of hydrogen-bond donors (Lipinski definition) is 1. The standard InChI is InChI=1S/C20H17N5O2S/c1-12-6-8-14(9-7-12)15-10-11-18(26)25(22-15)13(2)20(27)21-16-4-3-5-17-19(16)24-28-23-17/h3-11,13H,1-2H3,(H,21,27)/t13-/m0/s1. The third-order valence-corrected chi connectivity index (χ3v) is 5.01. The zero-order valence-electron chi connectivity index (χ0n) is 15.3. The second-order valence-electron chi connectivity index (χ2n) is 6.47. The van der Waals surface area contributed by atoms with Crippen LogP contribution in [0.5, 0.6) is 0 Å². The molecule has 8 heteroatoms. The van der Waals surface area contributed by atoms with E-state index in [0.29, 0.717) is 22.4 Å². The number of aryl methyl sites for hydroxylation is 1. The Bertz CT molecular complexity index is 1210. The van der Waals surface area contributed by atoms with Crippen LogP contribution >= 0.6 is 11.7 Å². The van der Waals surface area contributed by atoms with Crippen molar-refractivity contribution in [3.8, 4) is 11.3 Å². The first-order valence-electron chi connectivity index (χ1n) is 8.72. The Morgan fingerprint density at radius 3 is 2.64 bits per heavy atom. The number of carbonyl (C=O) groups is 1. The van der Waals surface area contributed by atoms with E-state index in [-0.39, 0.29) is 11.5 Å². The number of nitrogens with one attached hydrogen (secondary N) is 1. The van der Waals surface area contributed by atoms with Crippen molar-refractivity contribution >= 4 is 34.4 Å². The summed E-state index contributed by atoms with van der Waals surface area (Å²) in [5, 5.41) is 7.23. The lowest BCUT2D eigenvalue weighted by Crippen LogP contribution is -2.33. The zero-order chi connectivity index (χ0) is 19.7. The van der Waals surface area contributed by atoms with Gasteiger partial charge in [0, 0.05) is 11.6 Å². The van der Waals surface area contributed by atoms with Gasteiger partial charge in [-0.25, -0.2) is 4.68 Å². The molecule has 0 aliphatic carbocycles. The van der Waals surface area contributed by atoms with Crippen molar-refractivity contribution in [3.05, 3.63) is 70.5 Å². The molecule has 0 aliphatic heterocycles. The van der Waals surface area contributed by atoms with Crippen molar-refractivity contribution in [3.63, 3.8) is 0 Å². The molecular formula is C20H17N5O2S. The molecule has 0 saturated heterocycles. The van der Waals surface area contributed by atoms with Crippen molar-refractivity contribution in [1.29, 1.82) is 0 Å². The Labute approximate surface area is 165 Å². The summed E-state index contributed by atoms with van der Waals surface area (Å²) >= 11 is 1.08. The van der Waals surface area contributed by atoms with E-state index in [2.05, 4.69) is 19.2 Å². The number of hydrogen-bond acceptors (Lipinski definition) is 6. The highest BCUT2D eigenvalue weighted by atomic mass is 32.1. The molecule has 4 rings (SSSR count). The number of anilines is 1. The Kier molecular flexibility index (Phi) is 4.70. The molecule has 0 spiro atoms. The predicted octanol–water partition coefficient (Wildman–Crippen LogP) is 3.42. The molecule has 0 saturated carbocycles. The maximum absolute atomic E-state index is 12.8. The number of benzene rings is 2. The second-order valence-corrected chi connectivity index (χ2v) is 7.00. The van der Waals surface area contributed by atoms with Gasteiger partial charge >= 0.3 is 0 Å². The smallest absolute Gasteiger partial charge is 0.267 e. The Balaban J connectivity index is 1.63. The molecule has 2 heterocycles. The van der Waals surface area contributed by atoms with Crippen molar-refractivity contribution in [2.45, 2.75) is 19.9 Å². The molecule has 0 radical (unpaired) electrons. The predicted molar refractivity (Wildman–Crippen MR) is 109 cm³/mol. The SMILES string of the molecule is Cc1ccc(-c2ccc(=O)n([C@@H](C)C(=O)Nc3cccc4nsnc34)n2)cc1. The normalized spacial score (nSPS) is 12.1. The molecule has 0 unspecified atom stereocenters. The van der Waals surface area contributed by atoms with Crippen molar-refractivity contribution in [2.75, 3.05) is 5.32 Å². The Morgan fingerprint density at radius 1 is 1.07 bits per heavy atom. The first-order chi connectivity index (χ1) is 13.5. The lowest BCUT2D eigenvalue weighted by atomic mass is 10.1. The van der Waals surface area contributed by atoms with Gasteiger partial charge in [-0.2, -0.15) is 13.8 Å². The third-order valence-electron chi connectivity index (χ3n) is 4.46. The van der Waals surface area contributed by atoms with E-state index in [1.807, 2.05) is 37.3 Å². The molecule has 2 aromatic heterocycles. The second kappa shape index (κ2) is 7.32. The maximum Gasteiger partial charge on any atom is 0.267 e. The third kappa shape index (κ3) is 3.41. The fraction of sp³-hybridized carbons (Fsp3) is 0.150. The van der Waals surface area contributed by atoms with Gasteiger partial charge in [-0.3, -0.25) is 9.59 Å². The van der Waals surface area contributed by atoms with Gasteiger partial charge < -0.3 is 5.32 Å². The van der Waals surface area contributed by atoms with Crippen LogP contribution in [-0.4, -0.2) is 24.4 Å². The summed E-state index contributed by atoms with van der Waals surface area (Å²) in [5.41, 5.74) is 4.21. The van der Waals surface area contributed by atoms with E-state index in [1.165, 1.54) is 10.7 Å². The summed E-state index contributed by atoms with van der Waals surface area (Å²) in [5.74, 6) is -0.351. The highest BCUT2D eigenvalue weighted by molar-refractivity contribution is 7.00. The fourth-order valence-electron chi connectivity index (χ4n) is 2.84. The summed E-state index contributed by atoms with van der Waals surface area (Å²) in [7, 11) is 0. The number of aromatic nitrogens is 4. The van der Waals surface area contributed by atoms with Crippen LogP contribution in [0.3, 0.4) is 0 Å². The van der Waals surface area contributed by atoms with Crippen LogP contribution in [-0.2, 0) is 4.79 Å². The van der Waals surface area contributed by atoms with Gasteiger partial charge in [-0.05, 0) is 32.0 Å². The minimum absolute atomic E-state index is 0.341. The molecule has 140 valence electrons. The first kappa shape index (κ1) is 18.0. The van der Waals surface area contributed by atoms with Crippen LogP contribution < -0.4 is 10.9 Å². The van der Waals surface area contributed by atoms with Gasteiger partial charge in [0.25, 0.3) is 5.56 Å². The monoisotopic (exact) mass is 391 g/mol. The Morgan fingerprint density at radius 2 is 1.86 bits per heavy atom. The van der Waals surface area contributed by atoms with Crippen LogP contribution in [0.15, 0.2) is 59.4 Å². The quantitative estimate of drug-likeness (QED) is 0.576. The van der Waals surface area contributed by atoms with E-state index < -0.39 is 6.04 Å². The van der Waals surface area contributed by atoms with Gasteiger partial charge in [0.2, 0.25) is 5.91 Å². The number of amides is 1. The highest BCUT2D eigenvalue weighted by Crippen LogP contribution is 2.22. The molecule has 2 aromatic carbocycles. The maximum atomic E-state index is 12.8. The number of fused-ring (bicyclic) bond motifs is 1. The van der Waals surface area contributed by atoms with Crippen molar-refractivity contribution in [1.82, 2.24) is 18.5 Å². The van der Waals surface area contributed by atoms with E-state index in [1.54, 1.807) is 25.1 Å². The summed E-state index contributed by atoms with van der Waals surface area (Å²) in [4.78, 5) is 25.1. The van der Waals surface area contributed by atoms with Crippen LogP contribution in [0.2, 0.25) is 0 Å². The number of carbonyl (C=O) groups excluding carboxylic acids is 1. The Hall–Kier alpha value is -3.39. The van der Waals surface area contributed by atoms with Gasteiger partial charge in [-0.15, -0.1) is 0 Å². The number of nitrogens with zero attached hydrogens (tertiary/aromatic N) is 4.